The summed E-state index contributed by atoms with van der Waals surface area (Å²) in [4.78, 5) is 25.6. The number of ether oxygens (including phenoxy) is 2. The van der Waals surface area contributed by atoms with E-state index in [0.29, 0.717) is 13.1 Å². The zero-order valence-corrected chi connectivity index (χ0v) is 12.3. The predicted molar refractivity (Wildman–Crippen MR) is 69.9 cm³/mol. The lowest BCUT2D eigenvalue weighted by Gasteiger charge is -2.34. The van der Waals surface area contributed by atoms with Crippen molar-refractivity contribution in [2.75, 3.05) is 53.0 Å². The summed E-state index contributed by atoms with van der Waals surface area (Å²) in [6.45, 7) is -0.822. The second kappa shape index (κ2) is 8.30. The van der Waals surface area contributed by atoms with E-state index < -0.39 is 31.2 Å². The van der Waals surface area contributed by atoms with Gasteiger partial charge in [0.1, 0.15) is 13.2 Å². The molecule has 0 aromatic rings. The van der Waals surface area contributed by atoms with E-state index in [1.807, 2.05) is 0 Å². The van der Waals surface area contributed by atoms with Crippen molar-refractivity contribution in [3.05, 3.63) is 0 Å². The van der Waals surface area contributed by atoms with Gasteiger partial charge in [0.2, 0.25) is 11.8 Å². The second-order valence-corrected chi connectivity index (χ2v) is 5.10. The molecule has 7 nitrogen and oxygen atoms in total. The molecule has 0 aliphatic carbocycles. The third kappa shape index (κ3) is 7.57. The van der Waals surface area contributed by atoms with Crippen LogP contribution in [0.1, 0.15) is 0 Å². The molecule has 1 atom stereocenters. The number of halogens is 3. The van der Waals surface area contributed by atoms with Gasteiger partial charge >= 0.3 is 6.18 Å². The van der Waals surface area contributed by atoms with Crippen LogP contribution < -0.4 is 5.73 Å². The number of carbonyl (C=O) groups excluding carboxylic acids is 2. The third-order valence-electron chi connectivity index (χ3n) is 2.92. The molecule has 0 saturated carbocycles. The molecule has 1 saturated heterocycles. The zero-order chi connectivity index (χ0) is 16.8. The molecular weight excluding hydrogens is 307 g/mol. The van der Waals surface area contributed by atoms with Crippen LogP contribution in [0.25, 0.3) is 0 Å². The topological polar surface area (TPSA) is 85.1 Å². The maximum atomic E-state index is 11.9. The highest BCUT2D eigenvalue weighted by Gasteiger charge is 2.29. The van der Waals surface area contributed by atoms with E-state index in [0.717, 1.165) is 0 Å². The van der Waals surface area contributed by atoms with Crippen LogP contribution in [-0.4, -0.2) is 86.9 Å². The van der Waals surface area contributed by atoms with E-state index >= 15 is 0 Å². The number of carbonyl (C=O) groups is 2. The van der Waals surface area contributed by atoms with Crippen molar-refractivity contribution in [3.8, 4) is 0 Å². The number of hydrogen-bond donors (Lipinski definition) is 1. The van der Waals surface area contributed by atoms with Crippen LogP contribution in [-0.2, 0) is 19.1 Å². The van der Waals surface area contributed by atoms with Gasteiger partial charge in [0.05, 0.1) is 19.3 Å². The second-order valence-electron chi connectivity index (χ2n) is 5.10. The first kappa shape index (κ1) is 18.7. The number of alkyl halides is 3. The normalized spacial score (nSPS) is 19.5. The van der Waals surface area contributed by atoms with Gasteiger partial charge in [-0.25, -0.2) is 0 Å². The standard InChI is InChI=1S/C12H20F3N3O4/c1-17(6-10(16)19)4-9-5-18(2-3-22-9)11(20)7-21-8-12(13,14)15/h9H,2-8H2,1H3,(H2,16,19)/t9-/m1/s1. The molecule has 1 aliphatic heterocycles. The quantitative estimate of drug-likeness (QED) is 0.662. The highest BCUT2D eigenvalue weighted by molar-refractivity contribution is 5.77. The number of nitrogens with two attached hydrogens (primary N) is 1. The van der Waals surface area contributed by atoms with E-state index in [-0.39, 0.29) is 25.8 Å². The maximum Gasteiger partial charge on any atom is 0.411 e. The first-order valence-electron chi connectivity index (χ1n) is 6.68. The fourth-order valence-corrected chi connectivity index (χ4v) is 2.08. The molecule has 2 N–H and O–H groups in total. The summed E-state index contributed by atoms with van der Waals surface area (Å²) in [5, 5.41) is 0. The van der Waals surface area contributed by atoms with Crippen molar-refractivity contribution < 1.29 is 32.2 Å². The van der Waals surface area contributed by atoms with E-state index in [2.05, 4.69) is 4.74 Å². The molecule has 0 spiro atoms. The molecule has 1 aliphatic rings. The Hall–Kier alpha value is -1.39. The Bertz CT molecular complexity index is 392. The summed E-state index contributed by atoms with van der Waals surface area (Å²) < 4.78 is 45.6. The maximum absolute atomic E-state index is 11.9. The summed E-state index contributed by atoms with van der Waals surface area (Å²) in [5.41, 5.74) is 5.07. The van der Waals surface area contributed by atoms with Crippen LogP contribution in [0.15, 0.2) is 0 Å². The average Bonchev–Trinajstić information content (AvgIpc) is 2.36. The molecule has 2 amide bonds. The number of rotatable bonds is 7. The van der Waals surface area contributed by atoms with Gasteiger partial charge in [-0.05, 0) is 7.05 Å². The van der Waals surface area contributed by atoms with Gasteiger partial charge in [-0.15, -0.1) is 0 Å². The Morgan fingerprint density at radius 1 is 1.45 bits per heavy atom. The first-order chi connectivity index (χ1) is 10.2. The Labute approximate surface area is 126 Å². The summed E-state index contributed by atoms with van der Waals surface area (Å²) in [5.74, 6) is -0.998. The molecule has 0 aromatic carbocycles. The number of amides is 2. The fraction of sp³-hybridized carbons (Fsp3) is 0.833. The van der Waals surface area contributed by atoms with E-state index in [4.69, 9.17) is 10.5 Å². The average molecular weight is 327 g/mol. The number of likely N-dealkylation sites (N-methyl/N-ethyl adjacent to an activating group) is 1. The van der Waals surface area contributed by atoms with Crippen molar-refractivity contribution >= 4 is 11.8 Å². The van der Waals surface area contributed by atoms with Crippen LogP contribution in [0.5, 0.6) is 0 Å². The van der Waals surface area contributed by atoms with E-state index in [1.54, 1.807) is 11.9 Å². The SMILES string of the molecule is CN(CC(N)=O)C[C@@H]1CN(C(=O)COCC(F)(F)F)CCO1. The van der Waals surface area contributed by atoms with Crippen LogP contribution in [0.2, 0.25) is 0 Å². The molecule has 0 radical (unpaired) electrons. The number of morpholine rings is 1. The van der Waals surface area contributed by atoms with Gasteiger partial charge in [0.15, 0.2) is 0 Å². The minimum atomic E-state index is -4.45. The lowest BCUT2D eigenvalue weighted by molar-refractivity contribution is -0.179. The highest BCUT2D eigenvalue weighted by atomic mass is 19.4. The van der Waals surface area contributed by atoms with Gasteiger partial charge in [0, 0.05) is 19.6 Å². The van der Waals surface area contributed by atoms with Crippen LogP contribution >= 0.6 is 0 Å². The molecule has 22 heavy (non-hydrogen) atoms. The van der Waals surface area contributed by atoms with Gasteiger partial charge < -0.3 is 20.1 Å². The van der Waals surface area contributed by atoms with Crippen molar-refractivity contribution in [1.29, 1.82) is 0 Å². The van der Waals surface area contributed by atoms with E-state index in [9.17, 15) is 22.8 Å². The van der Waals surface area contributed by atoms with Gasteiger partial charge in [0.25, 0.3) is 0 Å². The smallest absolute Gasteiger partial charge is 0.373 e. The summed E-state index contributed by atoms with van der Waals surface area (Å²) in [6.07, 6.45) is -4.78. The van der Waals surface area contributed by atoms with Crippen LogP contribution in [0.4, 0.5) is 13.2 Å². The molecule has 0 unspecified atom stereocenters. The number of hydrogen-bond acceptors (Lipinski definition) is 5. The van der Waals surface area contributed by atoms with Gasteiger partial charge in [-0.1, -0.05) is 0 Å². The molecule has 128 valence electrons. The minimum absolute atomic E-state index is 0.0580. The molecular formula is C12H20F3N3O4. The lowest BCUT2D eigenvalue weighted by atomic mass is 10.2. The van der Waals surface area contributed by atoms with E-state index in [1.165, 1.54) is 4.90 Å². The van der Waals surface area contributed by atoms with Crippen molar-refractivity contribution in [1.82, 2.24) is 9.80 Å². The fourth-order valence-electron chi connectivity index (χ4n) is 2.08. The number of primary amides is 1. The Morgan fingerprint density at radius 2 is 2.14 bits per heavy atom. The molecule has 1 heterocycles. The Kier molecular flexibility index (Phi) is 7.04. The van der Waals surface area contributed by atoms with Gasteiger partial charge in [-0.2, -0.15) is 13.2 Å². The lowest BCUT2D eigenvalue weighted by Crippen LogP contribution is -2.50. The number of nitrogens with zero attached hydrogens (tertiary/aromatic N) is 2. The molecule has 1 rings (SSSR count). The largest absolute Gasteiger partial charge is 0.411 e. The summed E-state index contributed by atoms with van der Waals surface area (Å²) in [6, 6.07) is 0. The molecule has 0 aromatic heterocycles. The first-order valence-corrected chi connectivity index (χ1v) is 6.68. The third-order valence-corrected chi connectivity index (χ3v) is 2.92. The van der Waals surface area contributed by atoms with Crippen molar-refractivity contribution in [3.63, 3.8) is 0 Å². The molecule has 10 heteroatoms. The minimum Gasteiger partial charge on any atom is -0.373 e. The van der Waals surface area contributed by atoms with Crippen molar-refractivity contribution in [2.24, 2.45) is 5.73 Å². The predicted octanol–water partition coefficient (Wildman–Crippen LogP) is -0.790. The summed E-state index contributed by atoms with van der Waals surface area (Å²) >= 11 is 0. The monoisotopic (exact) mass is 327 g/mol. The zero-order valence-electron chi connectivity index (χ0n) is 12.3. The van der Waals surface area contributed by atoms with Gasteiger partial charge in [-0.3, -0.25) is 14.5 Å². The molecule has 1 fully saturated rings. The van der Waals surface area contributed by atoms with Crippen LogP contribution in [0, 0.1) is 0 Å². The van der Waals surface area contributed by atoms with Crippen molar-refractivity contribution in [2.45, 2.75) is 12.3 Å². The Morgan fingerprint density at radius 3 is 2.73 bits per heavy atom. The highest BCUT2D eigenvalue weighted by Crippen LogP contribution is 2.14. The Balaban J connectivity index is 2.35. The van der Waals surface area contributed by atoms with Crippen LogP contribution in [0.3, 0.4) is 0 Å². The molecule has 0 bridgehead atoms. The summed E-state index contributed by atoms with van der Waals surface area (Å²) in [7, 11) is 1.68.